The molecule has 0 spiro atoms. The maximum absolute atomic E-state index is 6.37. The van der Waals surface area contributed by atoms with Crippen LogP contribution >= 0.6 is 35.4 Å². The number of hydrogen-bond acceptors (Lipinski definition) is 4. The molecule has 1 saturated heterocycles. The highest BCUT2D eigenvalue weighted by atomic mass is 35.5. The molecule has 0 bridgehead atoms. The van der Waals surface area contributed by atoms with E-state index in [0.717, 1.165) is 48.0 Å². The van der Waals surface area contributed by atoms with Crippen LogP contribution in [0, 0.1) is 0 Å². The van der Waals surface area contributed by atoms with Crippen LogP contribution in [0.2, 0.25) is 10.0 Å². The molecule has 0 saturated carbocycles. The van der Waals surface area contributed by atoms with Crippen molar-refractivity contribution in [3.05, 3.63) is 107 Å². The van der Waals surface area contributed by atoms with E-state index in [1.807, 2.05) is 60.7 Å². The molecule has 3 heterocycles. The van der Waals surface area contributed by atoms with Gasteiger partial charge in [-0.2, -0.15) is 0 Å². The van der Waals surface area contributed by atoms with Crippen LogP contribution in [-0.2, 0) is 0 Å². The van der Waals surface area contributed by atoms with Gasteiger partial charge in [-0.05, 0) is 73.2 Å². The van der Waals surface area contributed by atoms with Crippen molar-refractivity contribution in [3.63, 3.8) is 0 Å². The Kier molecular flexibility index (Phi) is 7.23. The van der Waals surface area contributed by atoms with E-state index in [1.54, 1.807) is 12.3 Å². The predicted octanol–water partition coefficient (Wildman–Crippen LogP) is 7.12. The molecular formula is C27H24Cl2N4OS. The van der Waals surface area contributed by atoms with Crippen LogP contribution in [-0.4, -0.2) is 28.1 Å². The Morgan fingerprint density at radius 3 is 2.57 bits per heavy atom. The fourth-order valence-electron chi connectivity index (χ4n) is 4.31. The van der Waals surface area contributed by atoms with Crippen molar-refractivity contribution in [3.8, 4) is 11.3 Å². The molecule has 1 aliphatic rings. The number of benzene rings is 2. The van der Waals surface area contributed by atoms with Crippen LogP contribution in [0.3, 0.4) is 0 Å². The molecule has 2 aromatic carbocycles. The minimum Gasteiger partial charge on any atom is -0.459 e. The lowest BCUT2D eigenvalue weighted by Crippen LogP contribution is -2.31. The number of furan rings is 1. The zero-order valence-electron chi connectivity index (χ0n) is 18.8. The Hall–Kier alpha value is -3.06. The maximum atomic E-state index is 6.37. The minimum absolute atomic E-state index is 0.126. The van der Waals surface area contributed by atoms with Crippen LogP contribution in [0.4, 0.5) is 5.69 Å². The van der Waals surface area contributed by atoms with Gasteiger partial charge in [0.1, 0.15) is 17.6 Å². The summed E-state index contributed by atoms with van der Waals surface area (Å²) in [7, 11) is 0. The van der Waals surface area contributed by atoms with E-state index in [9.17, 15) is 0 Å². The topological polar surface area (TPSA) is 53.3 Å². The lowest BCUT2D eigenvalue weighted by molar-refractivity contribution is 0.274. The maximum Gasteiger partial charge on any atom is 0.170 e. The average molecular weight is 523 g/mol. The van der Waals surface area contributed by atoms with Gasteiger partial charge in [0.05, 0.1) is 21.8 Å². The molecule has 2 atom stereocenters. The number of halogens is 2. The number of para-hydroxylation sites is 1. The molecule has 8 heteroatoms. The first kappa shape index (κ1) is 23.7. The van der Waals surface area contributed by atoms with Gasteiger partial charge in [0.25, 0.3) is 0 Å². The summed E-state index contributed by atoms with van der Waals surface area (Å²) in [6.45, 7) is 1.60. The molecule has 5 rings (SSSR count). The van der Waals surface area contributed by atoms with Gasteiger partial charge in [0.2, 0.25) is 0 Å². The molecule has 4 aromatic rings. The van der Waals surface area contributed by atoms with Gasteiger partial charge < -0.3 is 20.0 Å². The molecular weight excluding hydrogens is 499 g/mol. The van der Waals surface area contributed by atoms with Crippen LogP contribution in [0.15, 0.2) is 89.5 Å². The van der Waals surface area contributed by atoms with E-state index < -0.39 is 0 Å². The first-order chi connectivity index (χ1) is 17.1. The predicted molar refractivity (Wildman–Crippen MR) is 146 cm³/mol. The summed E-state index contributed by atoms with van der Waals surface area (Å²) in [5.74, 6) is 1.53. The van der Waals surface area contributed by atoms with E-state index in [2.05, 4.69) is 32.7 Å². The Bertz CT molecular complexity index is 1300. The first-order valence-corrected chi connectivity index (χ1v) is 12.6. The number of pyridine rings is 1. The molecule has 178 valence electrons. The number of hydrogen-bond donors (Lipinski definition) is 2. The molecule has 2 aromatic heterocycles. The fraction of sp³-hybridized carbons (Fsp3) is 0.185. The summed E-state index contributed by atoms with van der Waals surface area (Å²) >= 11 is 18.1. The van der Waals surface area contributed by atoms with Crippen molar-refractivity contribution in [2.24, 2.45) is 0 Å². The number of nitrogens with one attached hydrogen (secondary N) is 2. The van der Waals surface area contributed by atoms with Crippen molar-refractivity contribution in [1.29, 1.82) is 0 Å². The highest BCUT2D eigenvalue weighted by molar-refractivity contribution is 7.80. The summed E-state index contributed by atoms with van der Waals surface area (Å²) in [6, 6.07) is 25.3. The second kappa shape index (κ2) is 10.7. The molecule has 5 nitrogen and oxygen atoms in total. The van der Waals surface area contributed by atoms with Crippen LogP contribution < -0.4 is 10.6 Å². The van der Waals surface area contributed by atoms with E-state index in [-0.39, 0.29) is 12.1 Å². The second-order valence-electron chi connectivity index (χ2n) is 8.30. The number of nitrogens with zero attached hydrogens (tertiary/aromatic N) is 2. The number of anilines is 1. The molecule has 35 heavy (non-hydrogen) atoms. The summed E-state index contributed by atoms with van der Waals surface area (Å²) in [4.78, 5) is 6.79. The first-order valence-electron chi connectivity index (χ1n) is 11.4. The van der Waals surface area contributed by atoms with Crippen LogP contribution in [0.25, 0.3) is 11.3 Å². The largest absolute Gasteiger partial charge is 0.459 e. The number of aromatic nitrogens is 1. The molecule has 0 unspecified atom stereocenters. The molecule has 1 aliphatic heterocycles. The SMILES string of the molecule is S=C1N[C@@H](c2ccccn2)[C@H](c2ccc(-c3ccc(Cl)c(Cl)c3)o2)N1CCCNc1ccccc1. The van der Waals surface area contributed by atoms with Gasteiger partial charge in [-0.3, -0.25) is 4.98 Å². The Balaban J connectivity index is 1.39. The summed E-state index contributed by atoms with van der Waals surface area (Å²) < 4.78 is 6.37. The van der Waals surface area contributed by atoms with Crippen molar-refractivity contribution in [2.45, 2.75) is 18.5 Å². The normalized spacial score (nSPS) is 17.4. The van der Waals surface area contributed by atoms with Crippen LogP contribution in [0.1, 0.15) is 30.0 Å². The number of thiocarbonyl (C=S) groups is 1. The third-order valence-electron chi connectivity index (χ3n) is 6.00. The van der Waals surface area contributed by atoms with Gasteiger partial charge in [0, 0.05) is 30.5 Å². The van der Waals surface area contributed by atoms with E-state index in [1.165, 1.54) is 0 Å². The third-order valence-corrected chi connectivity index (χ3v) is 7.09. The molecule has 0 amide bonds. The molecule has 0 radical (unpaired) electrons. The minimum atomic E-state index is -0.134. The quantitative estimate of drug-likeness (QED) is 0.189. The average Bonchev–Trinajstić information content (AvgIpc) is 3.49. The van der Waals surface area contributed by atoms with Crippen molar-refractivity contribution < 1.29 is 4.42 Å². The summed E-state index contributed by atoms with van der Waals surface area (Å²) in [5, 5.41) is 8.63. The van der Waals surface area contributed by atoms with Gasteiger partial charge in [0.15, 0.2) is 5.11 Å². The Morgan fingerprint density at radius 1 is 0.971 bits per heavy atom. The van der Waals surface area contributed by atoms with Gasteiger partial charge in [-0.15, -0.1) is 0 Å². The lowest BCUT2D eigenvalue weighted by Gasteiger charge is -2.26. The third kappa shape index (κ3) is 5.30. The lowest BCUT2D eigenvalue weighted by atomic mass is 10.0. The van der Waals surface area contributed by atoms with Gasteiger partial charge in [-0.25, -0.2) is 0 Å². The Morgan fingerprint density at radius 2 is 1.80 bits per heavy atom. The van der Waals surface area contributed by atoms with Crippen molar-refractivity contribution >= 4 is 46.2 Å². The Labute approximate surface area is 220 Å². The van der Waals surface area contributed by atoms with Crippen molar-refractivity contribution in [2.75, 3.05) is 18.4 Å². The van der Waals surface area contributed by atoms with Crippen molar-refractivity contribution in [1.82, 2.24) is 15.2 Å². The van der Waals surface area contributed by atoms with E-state index >= 15 is 0 Å². The van der Waals surface area contributed by atoms with Gasteiger partial charge in [-0.1, -0.05) is 47.5 Å². The number of rotatable bonds is 8. The molecule has 1 fully saturated rings. The standard InChI is InChI=1S/C27H24Cl2N4OS/c28-20-11-10-18(17-21(20)29)23-12-13-24(34-23)26-25(22-9-4-5-14-31-22)32-27(35)33(26)16-6-15-30-19-7-2-1-3-8-19/h1-5,7-14,17,25-26,30H,6,15-16H2,(H,32,35)/t25-,26-/m0/s1. The molecule has 0 aliphatic carbocycles. The smallest absolute Gasteiger partial charge is 0.170 e. The van der Waals surface area contributed by atoms with Crippen LogP contribution in [0.5, 0.6) is 0 Å². The summed E-state index contributed by atoms with van der Waals surface area (Å²) in [5.41, 5.74) is 2.89. The van der Waals surface area contributed by atoms with E-state index in [0.29, 0.717) is 15.2 Å². The molecule has 2 N–H and O–H groups in total. The monoisotopic (exact) mass is 522 g/mol. The highest BCUT2D eigenvalue weighted by Crippen LogP contribution is 2.41. The van der Waals surface area contributed by atoms with E-state index in [4.69, 9.17) is 39.8 Å². The zero-order chi connectivity index (χ0) is 24.2. The van der Waals surface area contributed by atoms with Gasteiger partial charge >= 0.3 is 0 Å². The summed E-state index contributed by atoms with van der Waals surface area (Å²) in [6.07, 6.45) is 2.70. The zero-order valence-corrected chi connectivity index (χ0v) is 21.2. The highest BCUT2D eigenvalue weighted by Gasteiger charge is 2.41. The second-order valence-corrected chi connectivity index (χ2v) is 9.50. The fourth-order valence-corrected chi connectivity index (χ4v) is 4.94.